The third-order valence-corrected chi connectivity index (χ3v) is 4.74. The van der Waals surface area contributed by atoms with Gasteiger partial charge >= 0.3 is 0 Å². The molecular formula is C15H17ClN2O2S. The zero-order valence-electron chi connectivity index (χ0n) is 11.9. The molecule has 0 spiro atoms. The highest BCUT2D eigenvalue weighted by Crippen LogP contribution is 2.43. The number of rotatable bonds is 4. The number of hydrogen-bond acceptors (Lipinski definition) is 5. The van der Waals surface area contributed by atoms with Crippen molar-refractivity contribution in [2.75, 3.05) is 13.7 Å². The predicted octanol–water partition coefficient (Wildman–Crippen LogP) is 3.98. The highest BCUT2D eigenvalue weighted by molar-refractivity contribution is 7.15. The molecule has 1 aromatic carbocycles. The molecule has 2 aromatic rings. The van der Waals surface area contributed by atoms with Gasteiger partial charge in [0.1, 0.15) is 20.8 Å². The van der Waals surface area contributed by atoms with Gasteiger partial charge in [0.2, 0.25) is 0 Å². The average molecular weight is 325 g/mol. The van der Waals surface area contributed by atoms with Gasteiger partial charge in [0.05, 0.1) is 13.3 Å². The van der Waals surface area contributed by atoms with E-state index in [2.05, 4.69) is 23.3 Å². The van der Waals surface area contributed by atoms with E-state index in [1.165, 1.54) is 11.3 Å². The Morgan fingerprint density at radius 2 is 2.38 bits per heavy atom. The number of halogens is 1. The van der Waals surface area contributed by atoms with Gasteiger partial charge in [-0.3, -0.25) is 0 Å². The van der Waals surface area contributed by atoms with E-state index in [1.54, 1.807) is 13.3 Å². The molecule has 2 heterocycles. The molecule has 0 aliphatic carbocycles. The number of methoxy groups -OCH3 is 1. The van der Waals surface area contributed by atoms with Crippen molar-refractivity contribution in [3.63, 3.8) is 0 Å². The van der Waals surface area contributed by atoms with Crippen molar-refractivity contribution < 1.29 is 9.47 Å². The van der Waals surface area contributed by atoms with Crippen LogP contribution in [0.15, 0.2) is 24.4 Å². The Morgan fingerprint density at radius 1 is 1.52 bits per heavy atom. The van der Waals surface area contributed by atoms with E-state index < -0.39 is 0 Å². The maximum atomic E-state index is 6.12. The van der Waals surface area contributed by atoms with Crippen LogP contribution in [-0.4, -0.2) is 18.6 Å². The molecule has 112 valence electrons. The SMILES string of the molecule is CCNC1CC(c2ncc(Cl)s2)Oc2cc(OC)ccc21. The summed E-state index contributed by atoms with van der Waals surface area (Å²) in [5.41, 5.74) is 1.16. The van der Waals surface area contributed by atoms with Crippen LogP contribution in [0.3, 0.4) is 0 Å². The standard InChI is InChI=1S/C15H17ClN2O2S/c1-3-17-11-7-13(15-18-8-14(16)21-15)20-12-6-9(19-2)4-5-10(11)12/h4-6,8,11,13,17H,3,7H2,1-2H3. The summed E-state index contributed by atoms with van der Waals surface area (Å²) < 4.78 is 12.1. The van der Waals surface area contributed by atoms with E-state index in [0.717, 1.165) is 35.0 Å². The Morgan fingerprint density at radius 3 is 3.05 bits per heavy atom. The van der Waals surface area contributed by atoms with Crippen LogP contribution < -0.4 is 14.8 Å². The van der Waals surface area contributed by atoms with Gasteiger partial charge in [0.15, 0.2) is 6.10 Å². The average Bonchev–Trinajstić information content (AvgIpc) is 2.93. The molecule has 0 radical (unpaired) electrons. The fourth-order valence-electron chi connectivity index (χ4n) is 2.58. The second-order valence-electron chi connectivity index (χ2n) is 4.86. The largest absolute Gasteiger partial charge is 0.497 e. The number of nitrogens with one attached hydrogen (secondary N) is 1. The highest BCUT2D eigenvalue weighted by atomic mass is 35.5. The zero-order chi connectivity index (χ0) is 14.8. The Labute approximate surface area is 133 Å². The molecular weight excluding hydrogens is 308 g/mol. The minimum Gasteiger partial charge on any atom is -0.497 e. The van der Waals surface area contributed by atoms with Gasteiger partial charge in [-0.15, -0.1) is 11.3 Å². The normalized spacial score (nSPS) is 20.7. The van der Waals surface area contributed by atoms with Crippen LogP contribution in [0.25, 0.3) is 0 Å². The molecule has 0 bridgehead atoms. The molecule has 1 aliphatic rings. The quantitative estimate of drug-likeness (QED) is 0.923. The molecule has 0 amide bonds. The molecule has 2 unspecified atom stereocenters. The summed E-state index contributed by atoms with van der Waals surface area (Å²) in [5, 5.41) is 4.42. The molecule has 1 N–H and O–H groups in total. The summed E-state index contributed by atoms with van der Waals surface area (Å²) in [4.78, 5) is 4.35. The van der Waals surface area contributed by atoms with Gasteiger partial charge in [0, 0.05) is 24.1 Å². The summed E-state index contributed by atoms with van der Waals surface area (Å²) in [6.07, 6.45) is 2.44. The van der Waals surface area contributed by atoms with Crippen molar-refractivity contribution in [2.45, 2.75) is 25.5 Å². The van der Waals surface area contributed by atoms with Gasteiger partial charge in [-0.25, -0.2) is 4.98 Å². The molecule has 6 heteroatoms. The van der Waals surface area contributed by atoms with Crippen LogP contribution >= 0.6 is 22.9 Å². The molecule has 0 fully saturated rings. The van der Waals surface area contributed by atoms with Crippen molar-refractivity contribution in [1.29, 1.82) is 0 Å². The first-order valence-corrected chi connectivity index (χ1v) is 8.10. The first-order chi connectivity index (χ1) is 10.2. The molecule has 1 aromatic heterocycles. The zero-order valence-corrected chi connectivity index (χ0v) is 13.5. The molecule has 2 atom stereocenters. The Balaban J connectivity index is 1.94. The van der Waals surface area contributed by atoms with Crippen LogP contribution in [0.4, 0.5) is 0 Å². The van der Waals surface area contributed by atoms with Crippen molar-refractivity contribution in [1.82, 2.24) is 10.3 Å². The summed E-state index contributed by atoms with van der Waals surface area (Å²) >= 11 is 7.46. The number of aromatic nitrogens is 1. The van der Waals surface area contributed by atoms with Gasteiger partial charge in [-0.1, -0.05) is 24.6 Å². The first kappa shape index (κ1) is 14.6. The van der Waals surface area contributed by atoms with Crippen molar-refractivity contribution in [3.8, 4) is 11.5 Å². The van der Waals surface area contributed by atoms with E-state index in [-0.39, 0.29) is 12.1 Å². The van der Waals surface area contributed by atoms with Crippen LogP contribution in [0, 0.1) is 0 Å². The van der Waals surface area contributed by atoms with Gasteiger partial charge in [0.25, 0.3) is 0 Å². The molecule has 1 aliphatic heterocycles. The Bertz CT molecular complexity index is 632. The predicted molar refractivity (Wildman–Crippen MR) is 84.5 cm³/mol. The maximum absolute atomic E-state index is 6.12. The number of hydrogen-bond donors (Lipinski definition) is 1. The number of thiazole rings is 1. The summed E-state index contributed by atoms with van der Waals surface area (Å²) in [7, 11) is 1.66. The lowest BCUT2D eigenvalue weighted by atomic mass is 9.96. The van der Waals surface area contributed by atoms with Crippen LogP contribution in [0.1, 0.15) is 36.1 Å². The van der Waals surface area contributed by atoms with Gasteiger partial charge in [-0.2, -0.15) is 0 Å². The number of benzene rings is 1. The highest BCUT2D eigenvalue weighted by Gasteiger charge is 2.30. The topological polar surface area (TPSA) is 43.4 Å². The fourth-order valence-corrected chi connectivity index (χ4v) is 3.55. The minimum atomic E-state index is -0.0776. The second-order valence-corrected chi connectivity index (χ2v) is 6.55. The summed E-state index contributed by atoms with van der Waals surface area (Å²) in [5.74, 6) is 1.64. The lowest BCUT2D eigenvalue weighted by molar-refractivity contribution is 0.151. The molecule has 4 nitrogen and oxygen atoms in total. The number of nitrogens with zero attached hydrogens (tertiary/aromatic N) is 1. The smallest absolute Gasteiger partial charge is 0.152 e. The third-order valence-electron chi connectivity index (χ3n) is 3.54. The molecule has 0 saturated carbocycles. The third kappa shape index (κ3) is 3.00. The van der Waals surface area contributed by atoms with E-state index in [0.29, 0.717) is 4.34 Å². The van der Waals surface area contributed by atoms with E-state index in [4.69, 9.17) is 21.1 Å². The van der Waals surface area contributed by atoms with E-state index >= 15 is 0 Å². The van der Waals surface area contributed by atoms with Gasteiger partial charge < -0.3 is 14.8 Å². The van der Waals surface area contributed by atoms with Crippen molar-refractivity contribution in [3.05, 3.63) is 39.3 Å². The van der Waals surface area contributed by atoms with Crippen molar-refractivity contribution >= 4 is 22.9 Å². The van der Waals surface area contributed by atoms with Crippen LogP contribution in [0.5, 0.6) is 11.5 Å². The number of ether oxygens (including phenoxy) is 2. The number of fused-ring (bicyclic) bond motifs is 1. The monoisotopic (exact) mass is 324 g/mol. The van der Waals surface area contributed by atoms with Crippen LogP contribution in [0.2, 0.25) is 4.34 Å². The first-order valence-electron chi connectivity index (χ1n) is 6.90. The van der Waals surface area contributed by atoms with Crippen molar-refractivity contribution in [2.24, 2.45) is 0 Å². The molecule has 3 rings (SSSR count). The lowest BCUT2D eigenvalue weighted by Crippen LogP contribution is -2.29. The lowest BCUT2D eigenvalue weighted by Gasteiger charge is -2.32. The molecule has 0 saturated heterocycles. The Hall–Kier alpha value is -1.30. The summed E-state index contributed by atoms with van der Waals surface area (Å²) in [6.45, 7) is 3.01. The maximum Gasteiger partial charge on any atom is 0.152 e. The van der Waals surface area contributed by atoms with E-state index in [1.807, 2.05) is 12.1 Å². The second kappa shape index (κ2) is 6.22. The fraction of sp³-hybridized carbons (Fsp3) is 0.400. The Kier molecular flexibility index (Phi) is 4.33. The van der Waals surface area contributed by atoms with E-state index in [9.17, 15) is 0 Å². The van der Waals surface area contributed by atoms with Gasteiger partial charge in [-0.05, 0) is 12.6 Å². The van der Waals surface area contributed by atoms with Crippen LogP contribution in [-0.2, 0) is 0 Å². The summed E-state index contributed by atoms with van der Waals surface area (Å²) in [6, 6.07) is 6.21. The molecule has 21 heavy (non-hydrogen) atoms. The minimum absolute atomic E-state index is 0.0776.